The van der Waals surface area contributed by atoms with E-state index in [2.05, 4.69) is 47.1 Å². The first-order valence-corrected chi connectivity index (χ1v) is 8.91. The normalized spacial score (nSPS) is 10.5. The van der Waals surface area contributed by atoms with Crippen molar-refractivity contribution in [2.75, 3.05) is 7.11 Å². The maximum atomic E-state index is 5.90. The molecule has 0 amide bonds. The molecule has 0 aliphatic rings. The average molecular weight is 340 g/mol. The Morgan fingerprint density at radius 2 is 1.75 bits per heavy atom. The van der Waals surface area contributed by atoms with Crippen LogP contribution in [0.3, 0.4) is 0 Å². The molecule has 2 aromatic carbocycles. The zero-order chi connectivity index (χ0) is 16.6. The number of methoxy groups -OCH3 is 1. The van der Waals surface area contributed by atoms with Gasteiger partial charge in [-0.15, -0.1) is 11.3 Å². The first-order valence-electron chi connectivity index (χ1n) is 8.03. The first-order chi connectivity index (χ1) is 11.8. The van der Waals surface area contributed by atoms with Crippen molar-refractivity contribution in [3.05, 3.63) is 82.0 Å². The highest BCUT2D eigenvalue weighted by atomic mass is 32.1. The second-order valence-corrected chi connectivity index (χ2v) is 6.57. The minimum absolute atomic E-state index is 0.543. The molecule has 1 heterocycles. The van der Waals surface area contributed by atoms with Crippen LogP contribution >= 0.6 is 11.3 Å². The van der Waals surface area contributed by atoms with Crippen LogP contribution in [0.2, 0.25) is 0 Å². The Balaban J connectivity index is 1.58. The molecule has 0 fully saturated rings. The Morgan fingerprint density at radius 3 is 2.50 bits per heavy atom. The van der Waals surface area contributed by atoms with Gasteiger partial charge in [0.25, 0.3) is 0 Å². The van der Waals surface area contributed by atoms with Crippen molar-refractivity contribution < 1.29 is 14.8 Å². The molecule has 3 nitrogen and oxygen atoms in total. The summed E-state index contributed by atoms with van der Waals surface area (Å²) in [6, 6.07) is 20.6. The fourth-order valence-electron chi connectivity index (χ4n) is 2.50. The zero-order valence-corrected chi connectivity index (χ0v) is 14.6. The molecule has 0 saturated heterocycles. The number of rotatable bonds is 8. The number of hydrogen-bond acceptors (Lipinski definition) is 3. The lowest BCUT2D eigenvalue weighted by atomic mass is 10.2. The second kappa shape index (κ2) is 8.52. The van der Waals surface area contributed by atoms with Crippen molar-refractivity contribution in [2.24, 2.45) is 0 Å². The Hall–Kier alpha value is -2.30. The summed E-state index contributed by atoms with van der Waals surface area (Å²) in [7, 11) is 1.68. The van der Waals surface area contributed by atoms with E-state index in [1.165, 1.54) is 10.4 Å². The summed E-state index contributed by atoms with van der Waals surface area (Å²) in [5.74, 6) is 1.57. The summed E-state index contributed by atoms with van der Waals surface area (Å²) < 4.78 is 11.4. The van der Waals surface area contributed by atoms with Gasteiger partial charge in [0.05, 0.1) is 12.0 Å². The zero-order valence-electron chi connectivity index (χ0n) is 13.8. The molecule has 3 rings (SSSR count). The summed E-state index contributed by atoms with van der Waals surface area (Å²) in [6.07, 6.45) is 0. The van der Waals surface area contributed by atoms with Crippen LogP contribution in [0.4, 0.5) is 0 Å². The smallest absolute Gasteiger partial charge is 0.161 e. The van der Waals surface area contributed by atoms with E-state index in [0.29, 0.717) is 6.61 Å². The quantitative estimate of drug-likeness (QED) is 0.680. The van der Waals surface area contributed by atoms with Gasteiger partial charge < -0.3 is 14.8 Å². The fourth-order valence-corrected chi connectivity index (χ4v) is 3.21. The summed E-state index contributed by atoms with van der Waals surface area (Å²) in [5, 5.41) is 4.41. The van der Waals surface area contributed by atoms with Gasteiger partial charge in [0.15, 0.2) is 11.5 Å². The van der Waals surface area contributed by atoms with Gasteiger partial charge in [0, 0.05) is 5.56 Å². The van der Waals surface area contributed by atoms with Crippen molar-refractivity contribution in [2.45, 2.75) is 19.7 Å². The summed E-state index contributed by atoms with van der Waals surface area (Å²) in [4.78, 5) is 1.39. The van der Waals surface area contributed by atoms with Gasteiger partial charge in [0.2, 0.25) is 0 Å². The topological polar surface area (TPSA) is 35.1 Å². The molecule has 0 saturated carbocycles. The molecule has 4 heteroatoms. The third-order valence-corrected chi connectivity index (χ3v) is 4.67. The summed E-state index contributed by atoms with van der Waals surface area (Å²) in [6.45, 7) is 2.47. The van der Waals surface area contributed by atoms with Crippen molar-refractivity contribution in [1.82, 2.24) is 0 Å². The SMILES string of the molecule is COc1cc(C[NH2+]Cc2cccs2)ccc1OCc1ccccc1. The molecule has 2 N–H and O–H groups in total. The minimum Gasteiger partial charge on any atom is -0.493 e. The van der Waals surface area contributed by atoms with Crippen LogP contribution in [0.1, 0.15) is 16.0 Å². The van der Waals surface area contributed by atoms with Gasteiger partial charge in [-0.05, 0) is 35.2 Å². The Morgan fingerprint density at radius 1 is 0.875 bits per heavy atom. The molecule has 0 atom stereocenters. The van der Waals surface area contributed by atoms with Crippen molar-refractivity contribution in [3.8, 4) is 11.5 Å². The number of benzene rings is 2. The standard InChI is InChI=1S/C20H21NO2S/c1-22-20-12-17(13-21-14-18-8-5-11-24-18)9-10-19(20)23-15-16-6-3-2-4-7-16/h2-12,21H,13-15H2,1H3/p+1. The van der Waals surface area contributed by atoms with Gasteiger partial charge in [-0.2, -0.15) is 0 Å². The van der Waals surface area contributed by atoms with E-state index in [1.54, 1.807) is 18.4 Å². The number of nitrogens with two attached hydrogens (primary N) is 1. The fraction of sp³-hybridized carbons (Fsp3) is 0.200. The molecule has 0 unspecified atom stereocenters. The van der Waals surface area contributed by atoms with Crippen molar-refractivity contribution in [1.29, 1.82) is 0 Å². The molecule has 0 aliphatic carbocycles. The van der Waals surface area contributed by atoms with Crippen LogP contribution in [0.5, 0.6) is 11.5 Å². The highest BCUT2D eigenvalue weighted by Gasteiger charge is 2.07. The lowest BCUT2D eigenvalue weighted by Gasteiger charge is -2.12. The number of ether oxygens (including phenoxy) is 2. The Bertz CT molecular complexity index is 742. The highest BCUT2D eigenvalue weighted by Crippen LogP contribution is 2.28. The minimum atomic E-state index is 0.543. The monoisotopic (exact) mass is 340 g/mol. The van der Waals surface area contributed by atoms with Gasteiger partial charge in [-0.25, -0.2) is 0 Å². The van der Waals surface area contributed by atoms with E-state index in [4.69, 9.17) is 9.47 Å². The lowest BCUT2D eigenvalue weighted by Crippen LogP contribution is -2.80. The largest absolute Gasteiger partial charge is 0.493 e. The van der Waals surface area contributed by atoms with Gasteiger partial charge in [-0.3, -0.25) is 0 Å². The second-order valence-electron chi connectivity index (χ2n) is 5.54. The molecule has 24 heavy (non-hydrogen) atoms. The highest BCUT2D eigenvalue weighted by molar-refractivity contribution is 7.09. The third-order valence-electron chi connectivity index (χ3n) is 3.77. The lowest BCUT2D eigenvalue weighted by molar-refractivity contribution is -0.685. The summed E-state index contributed by atoms with van der Waals surface area (Å²) >= 11 is 1.80. The molecular formula is C20H22NO2S+. The molecule has 0 spiro atoms. The molecule has 124 valence electrons. The number of thiophene rings is 1. The Labute approximate surface area is 146 Å². The first kappa shape index (κ1) is 16.6. The predicted octanol–water partition coefficient (Wildman–Crippen LogP) is 3.60. The predicted molar refractivity (Wildman–Crippen MR) is 97.4 cm³/mol. The molecule has 3 aromatic rings. The van der Waals surface area contributed by atoms with Crippen LogP contribution < -0.4 is 14.8 Å². The molecule has 1 aromatic heterocycles. The number of hydrogen-bond donors (Lipinski definition) is 1. The number of quaternary nitrogens is 1. The van der Waals surface area contributed by atoms with E-state index in [1.807, 2.05) is 24.3 Å². The molecule has 0 aliphatic heterocycles. The Kier molecular flexibility index (Phi) is 5.88. The van der Waals surface area contributed by atoms with Crippen LogP contribution in [0.15, 0.2) is 66.0 Å². The van der Waals surface area contributed by atoms with Gasteiger partial charge >= 0.3 is 0 Å². The van der Waals surface area contributed by atoms with Crippen molar-refractivity contribution in [3.63, 3.8) is 0 Å². The van der Waals surface area contributed by atoms with Crippen LogP contribution in [0, 0.1) is 0 Å². The van der Waals surface area contributed by atoms with Crippen LogP contribution in [-0.2, 0) is 19.7 Å². The van der Waals surface area contributed by atoms with E-state index in [9.17, 15) is 0 Å². The average Bonchev–Trinajstić information content (AvgIpc) is 3.15. The van der Waals surface area contributed by atoms with Crippen LogP contribution in [0.25, 0.3) is 0 Å². The van der Waals surface area contributed by atoms with Gasteiger partial charge in [-0.1, -0.05) is 36.4 Å². The van der Waals surface area contributed by atoms with E-state index >= 15 is 0 Å². The maximum Gasteiger partial charge on any atom is 0.161 e. The molecular weight excluding hydrogens is 318 g/mol. The van der Waals surface area contributed by atoms with E-state index in [0.717, 1.165) is 30.2 Å². The summed E-state index contributed by atoms with van der Waals surface area (Å²) in [5.41, 5.74) is 2.38. The third kappa shape index (κ3) is 4.60. The van der Waals surface area contributed by atoms with Gasteiger partial charge in [0.1, 0.15) is 19.7 Å². The van der Waals surface area contributed by atoms with E-state index < -0.39 is 0 Å². The molecule has 0 bridgehead atoms. The maximum absolute atomic E-state index is 5.90. The van der Waals surface area contributed by atoms with Crippen LogP contribution in [-0.4, -0.2) is 7.11 Å². The molecule has 0 radical (unpaired) electrons. The van der Waals surface area contributed by atoms with Crippen molar-refractivity contribution >= 4 is 11.3 Å². The van der Waals surface area contributed by atoms with E-state index in [-0.39, 0.29) is 0 Å².